The van der Waals surface area contributed by atoms with Crippen LogP contribution in [0.15, 0.2) is 33.2 Å². The van der Waals surface area contributed by atoms with Gasteiger partial charge in [0.15, 0.2) is 5.49 Å². The molecule has 155 valence electrons. The number of carbonyl (C=O) groups is 2. The van der Waals surface area contributed by atoms with Crippen molar-refractivity contribution in [3.8, 4) is 5.88 Å². The zero-order chi connectivity index (χ0) is 20.7. The molecule has 1 N–H and O–H groups in total. The maximum Gasteiger partial charge on any atom is 2.00 e. The second kappa shape index (κ2) is 8.14. The number of aromatic nitrogens is 2. The van der Waals surface area contributed by atoms with Crippen LogP contribution in [0.2, 0.25) is 0 Å². The molecule has 0 atom stereocenters. The second-order valence-corrected chi connectivity index (χ2v) is 6.92. The predicted molar refractivity (Wildman–Crippen MR) is 96.8 cm³/mol. The van der Waals surface area contributed by atoms with Crippen LogP contribution in [0, 0.1) is 11.3 Å². The van der Waals surface area contributed by atoms with Gasteiger partial charge < -0.3 is 9.67 Å². The molecule has 0 fully saturated rings. The van der Waals surface area contributed by atoms with E-state index in [1.807, 2.05) is 13.8 Å². The Bertz CT molecular complexity index is 1150. The first kappa shape index (κ1) is 22.3. The fourth-order valence-electron chi connectivity index (χ4n) is 2.95. The van der Waals surface area contributed by atoms with Crippen LogP contribution in [-0.2, 0) is 31.2 Å². The van der Waals surface area contributed by atoms with Gasteiger partial charge in [0, 0.05) is 20.6 Å². The summed E-state index contributed by atoms with van der Waals surface area (Å²) in [6.45, 7) is 4.08. The molecule has 1 radical (unpaired) electrons. The van der Waals surface area contributed by atoms with E-state index in [4.69, 9.17) is 5.41 Å². The molecule has 2 aromatic rings. The zero-order valence-electron chi connectivity index (χ0n) is 16.2. The van der Waals surface area contributed by atoms with Crippen molar-refractivity contribution in [1.82, 2.24) is 14.0 Å². The van der Waals surface area contributed by atoms with Crippen molar-refractivity contribution in [2.75, 3.05) is 6.54 Å². The number of benzene rings is 1. The van der Waals surface area contributed by atoms with Crippen molar-refractivity contribution in [3.05, 3.63) is 45.3 Å². The van der Waals surface area contributed by atoms with Gasteiger partial charge in [0.05, 0.1) is 16.8 Å². The predicted octanol–water partition coefficient (Wildman–Crippen LogP) is 0.942. The normalized spacial score (nSPS) is 13.3. The average Bonchev–Trinajstić information content (AvgIpc) is 2.90. The van der Waals surface area contributed by atoms with E-state index in [0.717, 1.165) is 14.0 Å². The summed E-state index contributed by atoms with van der Waals surface area (Å²) in [5, 5.41) is 28.0. The molecule has 0 saturated carbocycles. The first-order valence-electron chi connectivity index (χ1n) is 8.57. The van der Waals surface area contributed by atoms with Crippen molar-refractivity contribution in [2.24, 2.45) is 30.2 Å². The van der Waals surface area contributed by atoms with E-state index in [0.29, 0.717) is 0 Å². The van der Waals surface area contributed by atoms with Crippen LogP contribution in [0.1, 0.15) is 34.6 Å². The summed E-state index contributed by atoms with van der Waals surface area (Å²) in [5.41, 5.74) is -0.921. The van der Waals surface area contributed by atoms with Crippen LogP contribution in [-0.4, -0.2) is 32.4 Å². The Morgan fingerprint density at radius 3 is 2.34 bits per heavy atom. The smallest absolute Gasteiger partial charge is 0.858 e. The third kappa shape index (κ3) is 3.66. The molecule has 0 spiro atoms. The number of carbonyl (C=O) groups excluding carboxylic acids is 2. The molecule has 29 heavy (non-hydrogen) atoms. The SMILES string of the molecule is CC(C)CN1C(=O)c2cccc(N=Nc3c([O-])n(C)c(=O)n(C)c3=N)c2C1=O.[Cu+2]. The fourth-order valence-corrected chi connectivity index (χ4v) is 2.95. The van der Waals surface area contributed by atoms with E-state index in [-0.39, 0.29) is 52.0 Å². The van der Waals surface area contributed by atoms with Gasteiger partial charge in [-0.25, -0.2) is 4.79 Å². The van der Waals surface area contributed by atoms with Gasteiger partial charge in [-0.2, -0.15) is 0 Å². The minimum absolute atomic E-state index is 0. The maximum absolute atomic E-state index is 12.7. The molecule has 3 rings (SSSR count). The first-order valence-corrected chi connectivity index (χ1v) is 8.57. The molecular formula is C18H19CuN6O4+. The molecule has 1 aliphatic rings. The minimum atomic E-state index is -0.770. The van der Waals surface area contributed by atoms with Crippen molar-refractivity contribution in [2.45, 2.75) is 13.8 Å². The Morgan fingerprint density at radius 2 is 1.72 bits per heavy atom. The molecule has 11 heteroatoms. The second-order valence-electron chi connectivity index (χ2n) is 6.92. The van der Waals surface area contributed by atoms with E-state index in [2.05, 4.69) is 10.2 Å². The standard InChI is InChI=1S/C18H20N6O4.Cu/c1-9(2)8-24-15(25)10-6-5-7-11(12(10)16(24)26)20-21-13-14(19)22(3)18(28)23(4)17(13)27;/h5-7,9,19,27H,8H2,1-4H3;/q;+2/p-1. The van der Waals surface area contributed by atoms with E-state index < -0.39 is 28.9 Å². The molecule has 0 unspecified atom stereocenters. The van der Waals surface area contributed by atoms with Crippen LogP contribution in [0.3, 0.4) is 0 Å². The number of nitrogens with one attached hydrogen (secondary N) is 1. The maximum atomic E-state index is 12.7. The Balaban J connectivity index is 0.00000300. The topological polar surface area (TPSA) is 136 Å². The number of fused-ring (bicyclic) bond motifs is 1. The molecule has 0 aliphatic carbocycles. The average molecular weight is 447 g/mol. The van der Waals surface area contributed by atoms with Gasteiger partial charge in [0.25, 0.3) is 11.8 Å². The number of amides is 2. The van der Waals surface area contributed by atoms with E-state index in [9.17, 15) is 19.5 Å². The summed E-state index contributed by atoms with van der Waals surface area (Å²) in [4.78, 5) is 38.2. The van der Waals surface area contributed by atoms with E-state index in [1.165, 1.54) is 26.2 Å². The molecule has 0 saturated heterocycles. The Hall–Kier alpha value is -3.04. The summed E-state index contributed by atoms with van der Waals surface area (Å²) in [7, 11) is 2.62. The number of hydrogen-bond acceptors (Lipinski definition) is 7. The molecular weight excluding hydrogens is 428 g/mol. The van der Waals surface area contributed by atoms with Crippen molar-refractivity contribution in [1.29, 1.82) is 5.41 Å². The Morgan fingerprint density at radius 1 is 1.07 bits per heavy atom. The van der Waals surface area contributed by atoms with Crippen LogP contribution in [0.25, 0.3) is 0 Å². The Kier molecular flexibility index (Phi) is 6.24. The van der Waals surface area contributed by atoms with Gasteiger partial charge in [-0.15, -0.1) is 10.2 Å². The summed E-state index contributed by atoms with van der Waals surface area (Å²) < 4.78 is 1.78. The molecule has 1 aliphatic heterocycles. The van der Waals surface area contributed by atoms with Crippen LogP contribution in [0.5, 0.6) is 5.88 Å². The fraction of sp³-hybridized carbons (Fsp3) is 0.333. The number of nitrogens with zero attached hydrogens (tertiary/aromatic N) is 5. The van der Waals surface area contributed by atoms with Gasteiger partial charge >= 0.3 is 22.8 Å². The minimum Gasteiger partial charge on any atom is -0.858 e. The summed E-state index contributed by atoms with van der Waals surface area (Å²) in [6, 6.07) is 4.61. The monoisotopic (exact) mass is 446 g/mol. The number of azo groups is 1. The first-order chi connectivity index (χ1) is 13.1. The van der Waals surface area contributed by atoms with Crippen LogP contribution in [0.4, 0.5) is 11.4 Å². The van der Waals surface area contributed by atoms with Gasteiger partial charge in [0.2, 0.25) is 0 Å². The van der Waals surface area contributed by atoms with Crippen molar-refractivity contribution >= 4 is 23.2 Å². The van der Waals surface area contributed by atoms with Gasteiger partial charge in [0.1, 0.15) is 5.69 Å². The molecule has 1 aromatic carbocycles. The third-order valence-corrected chi connectivity index (χ3v) is 4.42. The largest absolute Gasteiger partial charge is 2.00 e. The van der Waals surface area contributed by atoms with Gasteiger partial charge in [-0.3, -0.25) is 24.5 Å². The summed E-state index contributed by atoms with van der Waals surface area (Å²) in [5.74, 6) is -1.53. The Labute approximate surface area is 176 Å². The molecule has 2 heterocycles. The summed E-state index contributed by atoms with van der Waals surface area (Å²) in [6.07, 6.45) is 0. The van der Waals surface area contributed by atoms with E-state index >= 15 is 0 Å². The van der Waals surface area contributed by atoms with Crippen LogP contribution >= 0.6 is 0 Å². The number of hydrogen-bond donors (Lipinski definition) is 1. The van der Waals surface area contributed by atoms with Crippen LogP contribution < -0.4 is 16.3 Å². The molecule has 10 nitrogen and oxygen atoms in total. The third-order valence-electron chi connectivity index (χ3n) is 4.42. The van der Waals surface area contributed by atoms with Gasteiger partial charge in [-0.05, 0) is 23.9 Å². The zero-order valence-corrected chi connectivity index (χ0v) is 17.1. The van der Waals surface area contributed by atoms with Gasteiger partial charge in [-0.1, -0.05) is 19.9 Å². The number of imide groups is 1. The number of rotatable bonds is 4. The molecule has 0 bridgehead atoms. The van der Waals surface area contributed by atoms with Crippen molar-refractivity contribution in [3.63, 3.8) is 0 Å². The molecule has 1 aromatic heterocycles. The van der Waals surface area contributed by atoms with E-state index in [1.54, 1.807) is 6.07 Å². The quantitative estimate of drug-likeness (QED) is 0.424. The van der Waals surface area contributed by atoms with Crippen molar-refractivity contribution < 1.29 is 31.8 Å². The summed E-state index contributed by atoms with van der Waals surface area (Å²) >= 11 is 0. The molecule has 2 amide bonds.